The van der Waals surface area contributed by atoms with E-state index in [0.717, 1.165) is 16.2 Å². The highest BCUT2D eigenvalue weighted by molar-refractivity contribution is 7.09. The van der Waals surface area contributed by atoms with Crippen LogP contribution in [0.4, 0.5) is 0 Å². The van der Waals surface area contributed by atoms with E-state index in [1.165, 1.54) is 6.92 Å². The van der Waals surface area contributed by atoms with Crippen LogP contribution in [0.15, 0.2) is 54.4 Å². The first-order valence-corrected chi connectivity index (χ1v) is 9.23. The summed E-state index contributed by atoms with van der Waals surface area (Å²) in [5.41, 5.74) is 0.865. The molecule has 0 aliphatic rings. The van der Waals surface area contributed by atoms with Crippen molar-refractivity contribution in [3.05, 3.63) is 64.9 Å². The molecular formula is C20H24N2O3S. The van der Waals surface area contributed by atoms with Crippen LogP contribution in [-0.4, -0.2) is 30.4 Å². The zero-order chi connectivity index (χ0) is 18.9. The van der Waals surface area contributed by atoms with Crippen molar-refractivity contribution in [3.63, 3.8) is 0 Å². The van der Waals surface area contributed by atoms with Gasteiger partial charge in [0.2, 0.25) is 11.8 Å². The smallest absolute Gasteiger partial charge is 0.225 e. The van der Waals surface area contributed by atoms with Gasteiger partial charge in [0, 0.05) is 18.3 Å². The number of hydrogen-bond acceptors (Lipinski definition) is 4. The van der Waals surface area contributed by atoms with Gasteiger partial charge in [0.15, 0.2) is 0 Å². The lowest BCUT2D eigenvalue weighted by Gasteiger charge is -2.24. The van der Waals surface area contributed by atoms with Crippen LogP contribution in [0.5, 0.6) is 5.75 Å². The lowest BCUT2D eigenvalue weighted by Crippen LogP contribution is -2.35. The van der Waals surface area contributed by atoms with Crippen LogP contribution < -0.4 is 10.1 Å². The third kappa shape index (κ3) is 5.74. The second kappa shape index (κ2) is 9.77. The monoisotopic (exact) mass is 372 g/mol. The first kappa shape index (κ1) is 19.7. The Morgan fingerprint density at radius 1 is 1.31 bits per heavy atom. The molecule has 26 heavy (non-hydrogen) atoms. The van der Waals surface area contributed by atoms with Crippen molar-refractivity contribution in [2.45, 2.75) is 25.9 Å². The summed E-state index contributed by atoms with van der Waals surface area (Å²) < 4.78 is 5.17. The summed E-state index contributed by atoms with van der Waals surface area (Å²) in [6.45, 7) is 6.20. The molecule has 0 saturated heterocycles. The largest absolute Gasteiger partial charge is 0.497 e. The minimum Gasteiger partial charge on any atom is -0.497 e. The summed E-state index contributed by atoms with van der Waals surface area (Å²) in [6.07, 6.45) is 1.90. The highest BCUT2D eigenvalue weighted by Crippen LogP contribution is 2.22. The van der Waals surface area contributed by atoms with Crippen LogP contribution in [0, 0.1) is 0 Å². The molecule has 0 spiro atoms. The molecule has 1 unspecified atom stereocenters. The number of rotatable bonds is 9. The number of nitrogens with zero attached hydrogens (tertiary/aromatic N) is 1. The highest BCUT2D eigenvalue weighted by atomic mass is 32.1. The second-order valence-electron chi connectivity index (χ2n) is 5.87. The molecule has 2 amide bonds. The number of thiophene rings is 1. The molecule has 138 valence electrons. The molecule has 0 bridgehead atoms. The van der Waals surface area contributed by atoms with Gasteiger partial charge in [-0.15, -0.1) is 17.9 Å². The van der Waals surface area contributed by atoms with Gasteiger partial charge in [0.1, 0.15) is 5.75 Å². The van der Waals surface area contributed by atoms with E-state index >= 15 is 0 Å². The third-order valence-corrected chi connectivity index (χ3v) is 4.76. The van der Waals surface area contributed by atoms with Crippen molar-refractivity contribution in [1.29, 1.82) is 0 Å². The fourth-order valence-electron chi connectivity index (χ4n) is 2.64. The molecule has 5 nitrogen and oxygen atoms in total. The van der Waals surface area contributed by atoms with Crippen LogP contribution >= 0.6 is 11.3 Å². The predicted octanol–water partition coefficient (Wildman–Crippen LogP) is 3.54. The number of benzene rings is 1. The fourth-order valence-corrected chi connectivity index (χ4v) is 3.36. The highest BCUT2D eigenvalue weighted by Gasteiger charge is 2.21. The molecule has 2 rings (SSSR count). The van der Waals surface area contributed by atoms with Crippen molar-refractivity contribution in [1.82, 2.24) is 10.2 Å². The molecule has 0 aliphatic carbocycles. The van der Waals surface area contributed by atoms with Gasteiger partial charge in [-0.25, -0.2) is 0 Å². The van der Waals surface area contributed by atoms with Gasteiger partial charge in [-0.1, -0.05) is 24.3 Å². The van der Waals surface area contributed by atoms with Crippen LogP contribution in [0.25, 0.3) is 0 Å². The van der Waals surface area contributed by atoms with Gasteiger partial charge in [-0.05, 0) is 29.1 Å². The van der Waals surface area contributed by atoms with Gasteiger partial charge < -0.3 is 15.0 Å². The first-order chi connectivity index (χ1) is 12.5. The Bertz CT molecular complexity index is 726. The summed E-state index contributed by atoms with van der Waals surface area (Å²) in [4.78, 5) is 27.3. The summed E-state index contributed by atoms with van der Waals surface area (Å²) in [5, 5.41) is 4.86. The molecule has 1 N–H and O–H groups in total. The minimum atomic E-state index is -0.387. The summed E-state index contributed by atoms with van der Waals surface area (Å²) in [7, 11) is 1.60. The summed E-state index contributed by atoms with van der Waals surface area (Å²) in [5.74, 6) is 0.521. The van der Waals surface area contributed by atoms with Crippen molar-refractivity contribution >= 4 is 23.2 Å². The Balaban J connectivity index is 2.14. The van der Waals surface area contributed by atoms with Gasteiger partial charge in [0.05, 0.1) is 26.1 Å². The molecule has 6 heteroatoms. The Labute approximate surface area is 158 Å². The number of carbonyl (C=O) groups is 2. The summed E-state index contributed by atoms with van der Waals surface area (Å²) in [6, 6.07) is 11.0. The molecule has 1 atom stereocenters. The molecule has 0 radical (unpaired) electrons. The van der Waals surface area contributed by atoms with Crippen LogP contribution in [0.1, 0.15) is 29.8 Å². The Morgan fingerprint density at radius 2 is 2.04 bits per heavy atom. The van der Waals surface area contributed by atoms with E-state index in [2.05, 4.69) is 11.9 Å². The molecule has 1 heterocycles. The van der Waals surface area contributed by atoms with Crippen LogP contribution in [0.2, 0.25) is 0 Å². The van der Waals surface area contributed by atoms with E-state index in [9.17, 15) is 9.59 Å². The van der Waals surface area contributed by atoms with E-state index in [4.69, 9.17) is 4.74 Å². The predicted molar refractivity (Wildman–Crippen MR) is 104 cm³/mol. The van der Waals surface area contributed by atoms with E-state index < -0.39 is 0 Å². The van der Waals surface area contributed by atoms with E-state index in [-0.39, 0.29) is 24.3 Å². The summed E-state index contributed by atoms with van der Waals surface area (Å²) >= 11 is 1.61. The number of amides is 2. The first-order valence-electron chi connectivity index (χ1n) is 8.35. The number of carbonyl (C=O) groups excluding carboxylic acids is 2. The fraction of sp³-hybridized carbons (Fsp3) is 0.300. The standard InChI is InChI=1S/C20H24N2O3S/c1-4-11-22(14-18-6-5-12-26-18)20(24)13-19(21-15(2)23)16-7-9-17(25-3)10-8-16/h4-10,12,19H,1,11,13-14H2,2-3H3,(H,21,23). The van der Waals surface area contributed by atoms with Crippen molar-refractivity contribution < 1.29 is 14.3 Å². The van der Waals surface area contributed by atoms with E-state index in [0.29, 0.717) is 13.1 Å². The zero-order valence-corrected chi connectivity index (χ0v) is 15.9. The van der Waals surface area contributed by atoms with Gasteiger partial charge in [-0.2, -0.15) is 0 Å². The average molecular weight is 372 g/mol. The zero-order valence-electron chi connectivity index (χ0n) is 15.1. The topological polar surface area (TPSA) is 58.6 Å². The SMILES string of the molecule is C=CCN(Cc1cccs1)C(=O)CC(NC(C)=O)c1ccc(OC)cc1. The second-order valence-corrected chi connectivity index (χ2v) is 6.90. The number of ether oxygens (including phenoxy) is 1. The molecule has 1 aromatic carbocycles. The minimum absolute atomic E-state index is 0.0344. The molecular weight excluding hydrogens is 348 g/mol. The normalized spacial score (nSPS) is 11.5. The Kier molecular flexibility index (Phi) is 7.41. The maximum Gasteiger partial charge on any atom is 0.225 e. The maximum absolute atomic E-state index is 12.9. The molecule has 0 saturated carbocycles. The average Bonchev–Trinajstić information content (AvgIpc) is 3.13. The van der Waals surface area contributed by atoms with Gasteiger partial charge >= 0.3 is 0 Å². The molecule has 1 aromatic heterocycles. The van der Waals surface area contributed by atoms with Gasteiger partial charge in [-0.3, -0.25) is 9.59 Å². The van der Waals surface area contributed by atoms with Crippen molar-refractivity contribution in [2.75, 3.05) is 13.7 Å². The third-order valence-electron chi connectivity index (χ3n) is 3.90. The molecule has 2 aromatic rings. The molecule has 0 aliphatic heterocycles. The van der Waals surface area contributed by atoms with Crippen LogP contribution in [0.3, 0.4) is 0 Å². The number of nitrogens with one attached hydrogen (secondary N) is 1. The number of methoxy groups -OCH3 is 1. The van der Waals surface area contributed by atoms with E-state index in [1.807, 2.05) is 41.8 Å². The van der Waals surface area contributed by atoms with Crippen LogP contribution in [-0.2, 0) is 16.1 Å². The van der Waals surface area contributed by atoms with E-state index in [1.54, 1.807) is 29.4 Å². The lowest BCUT2D eigenvalue weighted by molar-refractivity contribution is -0.132. The van der Waals surface area contributed by atoms with Crippen molar-refractivity contribution in [2.24, 2.45) is 0 Å². The Hall–Kier alpha value is -2.60. The number of hydrogen-bond donors (Lipinski definition) is 1. The Morgan fingerprint density at radius 3 is 2.58 bits per heavy atom. The lowest BCUT2D eigenvalue weighted by atomic mass is 10.0. The maximum atomic E-state index is 12.9. The molecule has 0 fully saturated rings. The van der Waals surface area contributed by atoms with Gasteiger partial charge in [0.25, 0.3) is 0 Å². The quantitative estimate of drug-likeness (QED) is 0.685. The van der Waals surface area contributed by atoms with Crippen molar-refractivity contribution in [3.8, 4) is 5.75 Å².